The molecule has 0 bridgehead atoms. The van der Waals surface area contributed by atoms with E-state index in [0.29, 0.717) is 35.5 Å². The predicted molar refractivity (Wildman–Crippen MR) is 379 cm³/mol. The lowest BCUT2D eigenvalue weighted by Crippen LogP contribution is -2.67. The smallest absolute Gasteiger partial charge is 0.252 e. The van der Waals surface area contributed by atoms with Crippen LogP contribution in [-0.4, -0.2) is 27.1 Å². The zero-order valence-corrected chi connectivity index (χ0v) is 52.6. The highest BCUT2D eigenvalue weighted by atomic mass is 15.1. The standard InChI is InChI=1S/C84H85B2N3/c1-8-22-50(23-9-1)57-36-38-73-63(40-57)65-42-59(52-26-12-3-13-27-52)46-69-78(65)87(73)82-75(56-34-20-7-21-35-56)83-77-84-76(82)85(69)71-48-61(54-30-16-5-17-31-54)44-67-68-45-62(55-32-18-6-19-33-55)49-72(81(68)89(84)80(67)71)86(77)70-47-60(53-28-14-4-15-29-53)43-66-64-41-58(51-24-10-2-11-25-51)37-39-74(64)88(83)79(66)70/h7,20-21,34-55H,1-6,8-19,22-33H2. The molecule has 0 saturated heterocycles. The summed E-state index contributed by atoms with van der Waals surface area (Å²) in [6.45, 7) is 0.177. The quantitative estimate of drug-likeness (QED) is 0.141. The zero-order chi connectivity index (χ0) is 57.7. The Morgan fingerprint density at radius 3 is 0.888 bits per heavy atom. The van der Waals surface area contributed by atoms with Gasteiger partial charge in [0.25, 0.3) is 13.4 Å². The van der Waals surface area contributed by atoms with Gasteiger partial charge in [-0.3, -0.25) is 0 Å². The van der Waals surface area contributed by atoms with E-state index in [1.807, 2.05) is 0 Å². The van der Waals surface area contributed by atoms with Gasteiger partial charge in [-0.2, -0.15) is 0 Å². The first-order valence-corrected chi connectivity index (χ1v) is 36.9. The molecule has 6 saturated carbocycles. The fourth-order valence-electron chi connectivity index (χ4n) is 22.3. The van der Waals surface area contributed by atoms with Crippen LogP contribution in [0.1, 0.15) is 262 Å². The topological polar surface area (TPSA) is 14.8 Å². The molecule has 8 aromatic carbocycles. The van der Waals surface area contributed by atoms with Gasteiger partial charge >= 0.3 is 0 Å². The Balaban J connectivity index is 0.981. The van der Waals surface area contributed by atoms with Crippen LogP contribution in [0.5, 0.6) is 0 Å². The van der Waals surface area contributed by atoms with E-state index in [-0.39, 0.29) is 13.4 Å². The maximum Gasteiger partial charge on any atom is 0.252 e. The summed E-state index contributed by atoms with van der Waals surface area (Å²) >= 11 is 0. The van der Waals surface area contributed by atoms with E-state index < -0.39 is 0 Å². The molecule has 7 heterocycles. The van der Waals surface area contributed by atoms with Gasteiger partial charge in [-0.25, -0.2) is 0 Å². The lowest BCUT2D eigenvalue weighted by atomic mass is 9.29. The predicted octanol–water partition coefficient (Wildman–Crippen LogP) is 19.2. The van der Waals surface area contributed by atoms with Gasteiger partial charge in [0, 0.05) is 65.6 Å². The van der Waals surface area contributed by atoms with Crippen molar-refractivity contribution in [3.63, 3.8) is 0 Å². The SMILES string of the molecule is c1ccc(-c2c3c4c5c6c2-n2c7ccc(C8CCCCC8)cc7c7cc(C8CCCCC8)cc(c72)B6c2cc(C6CCCCC6)cc6c7cc(C8CCCCC8)cc(c7n-5c26)B4c2cc(C4CCCCC4)cc4c5cc(C6CCCCC6)ccc5n-3c24)cc1. The van der Waals surface area contributed by atoms with Crippen LogP contribution in [0.4, 0.5) is 0 Å². The number of nitrogens with zero attached hydrogens (tertiary/aromatic N) is 3. The Labute approximate surface area is 527 Å². The summed E-state index contributed by atoms with van der Waals surface area (Å²) < 4.78 is 8.89. The molecule has 0 N–H and O–H groups in total. The van der Waals surface area contributed by atoms with Crippen LogP contribution in [0.3, 0.4) is 0 Å². The minimum absolute atomic E-state index is 0.0887. The van der Waals surface area contributed by atoms with Crippen molar-refractivity contribution in [2.24, 2.45) is 0 Å². The molecule has 0 amide bonds. The Hall–Kier alpha value is -6.71. The third kappa shape index (κ3) is 7.37. The molecule has 4 aliphatic heterocycles. The number of benzene rings is 8. The molecule has 5 heteroatoms. The minimum Gasteiger partial charge on any atom is -0.311 e. The van der Waals surface area contributed by atoms with Crippen molar-refractivity contribution < 1.29 is 0 Å². The fraction of sp³-hybridized carbons (Fsp3) is 0.429. The number of aromatic nitrogens is 3. The first kappa shape index (κ1) is 52.0. The van der Waals surface area contributed by atoms with Crippen molar-refractivity contribution in [1.82, 2.24) is 13.7 Å². The fourth-order valence-corrected chi connectivity index (χ4v) is 22.3. The molecule has 11 aromatic rings. The Morgan fingerprint density at radius 1 is 0.258 bits per heavy atom. The molecular formula is C84H85B2N3. The van der Waals surface area contributed by atoms with Crippen LogP contribution in [0.2, 0.25) is 0 Å². The number of rotatable bonds is 7. The van der Waals surface area contributed by atoms with Gasteiger partial charge in [0.05, 0.1) is 22.4 Å². The van der Waals surface area contributed by atoms with Crippen LogP contribution in [-0.2, 0) is 0 Å². The monoisotopic (exact) mass is 1160 g/mol. The Kier molecular flexibility index (Phi) is 11.6. The highest BCUT2D eigenvalue weighted by Crippen LogP contribution is 2.52. The number of hydrogen-bond donors (Lipinski definition) is 0. The van der Waals surface area contributed by atoms with Crippen molar-refractivity contribution in [2.75, 3.05) is 0 Å². The van der Waals surface area contributed by atoms with Crippen LogP contribution in [0.15, 0.2) is 115 Å². The van der Waals surface area contributed by atoms with E-state index in [4.69, 9.17) is 0 Å². The van der Waals surface area contributed by atoms with Crippen molar-refractivity contribution in [3.05, 3.63) is 149 Å². The summed E-state index contributed by atoms with van der Waals surface area (Å²) in [5, 5.41) is 9.11. The van der Waals surface area contributed by atoms with Gasteiger partial charge in [-0.1, -0.05) is 182 Å². The average molecular weight is 1160 g/mol. The third-order valence-electron chi connectivity index (χ3n) is 26.4. The molecule has 89 heavy (non-hydrogen) atoms. The summed E-state index contributed by atoms with van der Waals surface area (Å²) in [6, 6.07) is 50.7. The maximum absolute atomic E-state index is 3.00. The maximum atomic E-state index is 3.00. The second-order valence-corrected chi connectivity index (χ2v) is 31.1. The van der Waals surface area contributed by atoms with Crippen LogP contribution in [0, 0.1) is 0 Å². The minimum atomic E-state index is 0.0887. The van der Waals surface area contributed by atoms with E-state index in [9.17, 15) is 0 Å². The molecule has 10 aliphatic rings. The first-order valence-electron chi connectivity index (χ1n) is 36.9. The number of fused-ring (bicyclic) bond motifs is 13. The van der Waals surface area contributed by atoms with Crippen molar-refractivity contribution in [3.8, 4) is 28.2 Å². The second-order valence-electron chi connectivity index (χ2n) is 31.1. The molecular weight excluding hydrogens is 1070 g/mol. The van der Waals surface area contributed by atoms with Gasteiger partial charge in [0.15, 0.2) is 0 Å². The van der Waals surface area contributed by atoms with E-state index in [1.54, 1.807) is 76.9 Å². The van der Waals surface area contributed by atoms with Crippen LogP contribution in [0.25, 0.3) is 93.6 Å². The molecule has 6 aliphatic carbocycles. The Bertz CT molecular complexity index is 4520. The highest BCUT2D eigenvalue weighted by Gasteiger charge is 2.52. The van der Waals surface area contributed by atoms with Gasteiger partial charge in [0.2, 0.25) is 0 Å². The van der Waals surface area contributed by atoms with Gasteiger partial charge in [-0.15, -0.1) is 0 Å². The largest absolute Gasteiger partial charge is 0.311 e. The lowest BCUT2D eigenvalue weighted by molar-refractivity contribution is 0.444. The van der Waals surface area contributed by atoms with Crippen molar-refractivity contribution in [1.29, 1.82) is 0 Å². The van der Waals surface area contributed by atoms with Crippen LogP contribution < -0.4 is 32.8 Å². The summed E-state index contributed by atoms with van der Waals surface area (Å²) in [5.41, 5.74) is 35.3. The van der Waals surface area contributed by atoms with E-state index >= 15 is 0 Å². The third-order valence-corrected chi connectivity index (χ3v) is 26.4. The molecule has 6 fully saturated rings. The second kappa shape index (κ2) is 19.9. The van der Waals surface area contributed by atoms with E-state index in [1.165, 1.54) is 275 Å². The Morgan fingerprint density at radius 2 is 0.551 bits per heavy atom. The molecule has 21 rings (SSSR count). The molecule has 0 atom stereocenters. The summed E-state index contributed by atoms with van der Waals surface area (Å²) in [5.74, 6) is 3.66. The van der Waals surface area contributed by atoms with Crippen molar-refractivity contribution in [2.45, 2.75) is 228 Å². The number of hydrogen-bond acceptors (Lipinski definition) is 0. The normalized spacial score (nSPS) is 20.7. The van der Waals surface area contributed by atoms with Crippen LogP contribution >= 0.6 is 0 Å². The van der Waals surface area contributed by atoms with Gasteiger partial charge in [-0.05, 0) is 233 Å². The molecule has 3 nitrogen and oxygen atoms in total. The molecule has 0 spiro atoms. The highest BCUT2D eigenvalue weighted by molar-refractivity contribution is 7.04. The average Bonchev–Trinajstić information content (AvgIpc) is 1.59. The first-order chi connectivity index (χ1) is 44.2. The lowest BCUT2D eigenvalue weighted by Gasteiger charge is -2.43. The van der Waals surface area contributed by atoms with Gasteiger partial charge < -0.3 is 13.7 Å². The van der Waals surface area contributed by atoms with Crippen molar-refractivity contribution >= 4 is 112 Å². The summed E-state index contributed by atoms with van der Waals surface area (Å²) in [4.78, 5) is 0. The van der Waals surface area contributed by atoms with E-state index in [2.05, 4.69) is 129 Å². The molecule has 0 radical (unpaired) electrons. The molecule has 0 unspecified atom stereocenters. The summed E-state index contributed by atoms with van der Waals surface area (Å²) in [6.07, 6.45) is 40.2. The van der Waals surface area contributed by atoms with E-state index in [0.717, 1.165) is 0 Å². The zero-order valence-electron chi connectivity index (χ0n) is 52.6. The van der Waals surface area contributed by atoms with Gasteiger partial charge in [0.1, 0.15) is 0 Å². The summed E-state index contributed by atoms with van der Waals surface area (Å²) in [7, 11) is 0. The molecule has 442 valence electrons. The molecule has 3 aromatic heterocycles.